The largest absolute Gasteiger partial charge is 0.395 e. The molecule has 0 atom stereocenters. The van der Waals surface area contributed by atoms with Crippen molar-refractivity contribution in [2.75, 3.05) is 11.3 Å². The quantitative estimate of drug-likeness (QED) is 0.813. The maximum atomic E-state index is 12.3. The van der Waals surface area contributed by atoms with Gasteiger partial charge in [0.15, 0.2) is 5.82 Å². The lowest BCUT2D eigenvalue weighted by atomic mass is 10.2. The molecule has 7 nitrogen and oxygen atoms in total. The molecule has 2 rings (SSSR count). The molecule has 1 aromatic heterocycles. The molecular weight excluding hydrogens is 294 g/mol. The third-order valence-electron chi connectivity index (χ3n) is 2.39. The zero-order valence-corrected chi connectivity index (χ0v) is 12.0. The van der Waals surface area contributed by atoms with Crippen LogP contribution in [0.15, 0.2) is 33.7 Å². The van der Waals surface area contributed by atoms with Crippen molar-refractivity contribution >= 4 is 16.0 Å². The Morgan fingerprint density at radius 3 is 2.81 bits per heavy atom. The van der Waals surface area contributed by atoms with Crippen LogP contribution in [0.4, 0.5) is 6.01 Å². The van der Waals surface area contributed by atoms with Gasteiger partial charge in [-0.1, -0.05) is 29.1 Å². The van der Waals surface area contributed by atoms with Crippen molar-refractivity contribution in [3.63, 3.8) is 0 Å². The van der Waals surface area contributed by atoms with E-state index in [9.17, 15) is 8.42 Å². The Bertz CT molecular complexity index is 787. The van der Waals surface area contributed by atoms with E-state index in [1.165, 1.54) is 6.07 Å². The van der Waals surface area contributed by atoms with E-state index < -0.39 is 10.0 Å². The number of hydrogen-bond donors (Lipinski definition) is 2. The topological polar surface area (TPSA) is 105 Å². The summed E-state index contributed by atoms with van der Waals surface area (Å²) in [7, 11) is -3.88. The van der Waals surface area contributed by atoms with Gasteiger partial charge in [-0.25, -0.2) is 13.1 Å². The highest BCUT2D eigenvalue weighted by Gasteiger charge is 2.20. The van der Waals surface area contributed by atoms with Crippen LogP contribution >= 0.6 is 0 Å². The molecule has 110 valence electrons. The molecular formula is C13H13N3O4S. The fourth-order valence-corrected chi connectivity index (χ4v) is 2.62. The Labute approximate surface area is 122 Å². The molecule has 2 aromatic rings. The van der Waals surface area contributed by atoms with Crippen molar-refractivity contribution in [2.24, 2.45) is 0 Å². The van der Waals surface area contributed by atoms with Gasteiger partial charge in [0, 0.05) is 12.0 Å². The van der Waals surface area contributed by atoms with Gasteiger partial charge < -0.3 is 9.63 Å². The summed E-state index contributed by atoms with van der Waals surface area (Å²) in [6.45, 7) is 1.50. The summed E-state index contributed by atoms with van der Waals surface area (Å²) >= 11 is 0. The average molecular weight is 307 g/mol. The van der Waals surface area contributed by atoms with Crippen LogP contribution < -0.4 is 4.72 Å². The lowest BCUT2D eigenvalue weighted by Gasteiger charge is -2.05. The van der Waals surface area contributed by atoms with Gasteiger partial charge >= 0.3 is 6.01 Å². The molecule has 0 aliphatic heterocycles. The standard InChI is InChI=1S/C13H13N3O4S/c1-10-14-13(20-15-10)16-21(18,19)12-8-3-2-6-11(12)7-4-5-9-17/h2-3,6,8,17H,5,9H2,1H3,(H,14,15,16). The van der Waals surface area contributed by atoms with Gasteiger partial charge in [0.1, 0.15) is 4.90 Å². The molecule has 0 unspecified atom stereocenters. The molecule has 1 heterocycles. The van der Waals surface area contributed by atoms with E-state index in [4.69, 9.17) is 9.63 Å². The Kier molecular flexibility index (Phi) is 4.57. The van der Waals surface area contributed by atoms with Crippen molar-refractivity contribution < 1.29 is 18.0 Å². The fourth-order valence-electron chi connectivity index (χ4n) is 1.53. The van der Waals surface area contributed by atoms with Crippen LogP contribution in [-0.2, 0) is 10.0 Å². The molecule has 21 heavy (non-hydrogen) atoms. The highest BCUT2D eigenvalue weighted by atomic mass is 32.2. The molecule has 0 bridgehead atoms. The first-order valence-corrected chi connectivity index (χ1v) is 7.53. The normalized spacial score (nSPS) is 10.8. The summed E-state index contributed by atoms with van der Waals surface area (Å²) in [5.74, 6) is 5.73. The number of hydrogen-bond acceptors (Lipinski definition) is 6. The van der Waals surface area contributed by atoms with Gasteiger partial charge in [-0.05, 0) is 19.1 Å². The van der Waals surface area contributed by atoms with E-state index in [1.807, 2.05) is 0 Å². The van der Waals surface area contributed by atoms with Crippen LogP contribution in [0.3, 0.4) is 0 Å². The van der Waals surface area contributed by atoms with Crippen LogP contribution in [0, 0.1) is 18.8 Å². The van der Waals surface area contributed by atoms with Crippen molar-refractivity contribution in [3.8, 4) is 11.8 Å². The van der Waals surface area contributed by atoms with Gasteiger partial charge in [-0.15, -0.1) is 0 Å². The van der Waals surface area contributed by atoms with E-state index in [0.29, 0.717) is 11.4 Å². The lowest BCUT2D eigenvalue weighted by Crippen LogP contribution is -2.14. The molecule has 0 radical (unpaired) electrons. The van der Waals surface area contributed by atoms with Crippen LogP contribution in [0.5, 0.6) is 0 Å². The van der Waals surface area contributed by atoms with Crippen LogP contribution in [0.25, 0.3) is 0 Å². The molecule has 0 saturated carbocycles. The van der Waals surface area contributed by atoms with Crippen molar-refractivity contribution in [1.82, 2.24) is 10.1 Å². The third kappa shape index (κ3) is 3.81. The van der Waals surface area contributed by atoms with E-state index in [1.54, 1.807) is 25.1 Å². The van der Waals surface area contributed by atoms with Crippen LogP contribution in [-0.4, -0.2) is 30.3 Å². The van der Waals surface area contributed by atoms with Gasteiger partial charge in [0.25, 0.3) is 10.0 Å². The molecule has 2 N–H and O–H groups in total. The minimum atomic E-state index is -3.88. The molecule has 0 amide bonds. The Morgan fingerprint density at radius 2 is 2.14 bits per heavy atom. The fraction of sp³-hybridized carbons (Fsp3) is 0.231. The summed E-state index contributed by atoms with van der Waals surface area (Å²) in [6, 6.07) is 6.07. The number of anilines is 1. The van der Waals surface area contributed by atoms with E-state index in [0.717, 1.165) is 0 Å². The van der Waals surface area contributed by atoms with E-state index in [2.05, 4.69) is 26.7 Å². The SMILES string of the molecule is Cc1noc(NS(=O)(=O)c2ccccc2C#CCCO)n1. The third-order valence-corrected chi connectivity index (χ3v) is 3.76. The molecule has 8 heteroatoms. The zero-order valence-electron chi connectivity index (χ0n) is 11.2. The second-order valence-electron chi connectivity index (χ2n) is 4.02. The number of aromatic nitrogens is 2. The van der Waals surface area contributed by atoms with Gasteiger partial charge in [-0.3, -0.25) is 0 Å². The molecule has 0 spiro atoms. The molecule has 0 saturated heterocycles. The summed E-state index contributed by atoms with van der Waals surface area (Å²) in [4.78, 5) is 3.80. The lowest BCUT2D eigenvalue weighted by molar-refractivity contribution is 0.305. The monoisotopic (exact) mass is 307 g/mol. The number of rotatable bonds is 4. The van der Waals surface area contributed by atoms with Crippen molar-refractivity contribution in [1.29, 1.82) is 0 Å². The molecule has 0 fully saturated rings. The predicted octanol–water partition coefficient (Wildman–Crippen LogP) is 0.913. The number of sulfonamides is 1. The van der Waals surface area contributed by atoms with Crippen molar-refractivity contribution in [2.45, 2.75) is 18.2 Å². The summed E-state index contributed by atoms with van der Waals surface area (Å²) in [5, 5.41) is 12.2. The Balaban J connectivity index is 2.34. The van der Waals surface area contributed by atoms with Gasteiger partial charge in [-0.2, -0.15) is 4.98 Å². The highest BCUT2D eigenvalue weighted by molar-refractivity contribution is 7.92. The Morgan fingerprint density at radius 1 is 1.38 bits per heavy atom. The number of nitrogens with zero attached hydrogens (tertiary/aromatic N) is 2. The minimum absolute atomic E-state index is 0.00583. The van der Waals surface area contributed by atoms with Gasteiger partial charge in [0.2, 0.25) is 0 Å². The van der Waals surface area contributed by atoms with Gasteiger partial charge in [0.05, 0.1) is 6.61 Å². The van der Waals surface area contributed by atoms with E-state index in [-0.39, 0.29) is 23.9 Å². The Hall–Kier alpha value is -2.37. The predicted molar refractivity (Wildman–Crippen MR) is 74.9 cm³/mol. The number of nitrogens with one attached hydrogen (secondary N) is 1. The van der Waals surface area contributed by atoms with E-state index >= 15 is 0 Å². The number of aliphatic hydroxyl groups is 1. The van der Waals surface area contributed by atoms with Crippen molar-refractivity contribution in [3.05, 3.63) is 35.7 Å². The number of aryl methyl sites for hydroxylation is 1. The zero-order chi connectivity index (χ0) is 15.3. The first-order chi connectivity index (χ1) is 10.0. The van der Waals surface area contributed by atoms with Crippen LogP contribution in [0.1, 0.15) is 17.8 Å². The second-order valence-corrected chi connectivity index (χ2v) is 5.67. The number of aliphatic hydroxyl groups excluding tert-OH is 1. The molecule has 0 aliphatic carbocycles. The smallest absolute Gasteiger partial charge is 0.335 e. The molecule has 0 aliphatic rings. The summed E-state index contributed by atoms with van der Waals surface area (Å²) < 4.78 is 31.6. The highest BCUT2D eigenvalue weighted by Crippen LogP contribution is 2.18. The minimum Gasteiger partial charge on any atom is -0.395 e. The second kappa shape index (κ2) is 6.39. The average Bonchev–Trinajstić information content (AvgIpc) is 2.84. The summed E-state index contributed by atoms with van der Waals surface area (Å²) in [6.07, 6.45) is 0.269. The first-order valence-electron chi connectivity index (χ1n) is 6.05. The number of benzene rings is 1. The maximum Gasteiger partial charge on any atom is 0.335 e. The summed E-state index contributed by atoms with van der Waals surface area (Å²) in [5.41, 5.74) is 0.328. The maximum absolute atomic E-state index is 12.3. The molecule has 1 aromatic carbocycles. The first kappa shape index (κ1) is 15.0. The van der Waals surface area contributed by atoms with Crippen LogP contribution in [0.2, 0.25) is 0 Å².